The van der Waals surface area contributed by atoms with Crippen LogP contribution in [0.5, 0.6) is 5.75 Å². The normalized spacial score (nSPS) is 11.6. The second-order valence-corrected chi connectivity index (χ2v) is 3.18. The lowest BCUT2D eigenvalue weighted by atomic mass is 10.0. The fraction of sp³-hybridized carbons (Fsp3) is 0.364. The smallest absolute Gasteiger partial charge is 0.369 e. The summed E-state index contributed by atoms with van der Waals surface area (Å²) in [7, 11) is 0. The Morgan fingerprint density at radius 1 is 1.35 bits per heavy atom. The van der Waals surface area contributed by atoms with Crippen LogP contribution in [0.4, 0.5) is 17.6 Å². The van der Waals surface area contributed by atoms with E-state index in [0.29, 0.717) is 0 Å². The second-order valence-electron chi connectivity index (χ2n) is 3.18. The Bertz CT molecular complexity index is 404. The Labute approximate surface area is 95.2 Å². The molecule has 0 aliphatic heterocycles. The van der Waals surface area contributed by atoms with Gasteiger partial charge in [-0.3, -0.25) is 4.79 Å². The Balaban J connectivity index is 3.12. The van der Waals surface area contributed by atoms with Crippen LogP contribution in [-0.4, -0.2) is 24.7 Å². The minimum Gasteiger partial charge on any atom is -0.493 e. The van der Waals surface area contributed by atoms with E-state index in [1.165, 1.54) is 18.2 Å². The minimum atomic E-state index is -4.70. The van der Waals surface area contributed by atoms with E-state index in [2.05, 4.69) is 0 Å². The van der Waals surface area contributed by atoms with Gasteiger partial charge in [0.1, 0.15) is 5.75 Å². The number of benzene rings is 1. The first-order valence-corrected chi connectivity index (χ1v) is 4.83. The maximum Gasteiger partial charge on any atom is 0.369 e. The SMILES string of the molecule is CCOc1ccccc1C(=O)C(F)(F)C(F)F. The zero-order valence-corrected chi connectivity index (χ0v) is 8.92. The molecule has 0 radical (unpaired) electrons. The molecule has 17 heavy (non-hydrogen) atoms. The molecule has 1 aromatic rings. The summed E-state index contributed by atoms with van der Waals surface area (Å²) in [5, 5.41) is 0. The number of para-hydroxylation sites is 1. The van der Waals surface area contributed by atoms with Gasteiger partial charge in [-0.2, -0.15) is 8.78 Å². The lowest BCUT2D eigenvalue weighted by Crippen LogP contribution is -2.36. The number of hydrogen-bond donors (Lipinski definition) is 0. The summed E-state index contributed by atoms with van der Waals surface area (Å²) < 4.78 is 54.8. The molecule has 0 saturated carbocycles. The van der Waals surface area contributed by atoms with Crippen LogP contribution in [0.1, 0.15) is 17.3 Å². The van der Waals surface area contributed by atoms with Crippen LogP contribution in [-0.2, 0) is 0 Å². The van der Waals surface area contributed by atoms with Crippen molar-refractivity contribution in [2.24, 2.45) is 0 Å². The maximum atomic E-state index is 12.9. The Morgan fingerprint density at radius 3 is 2.47 bits per heavy atom. The van der Waals surface area contributed by atoms with Gasteiger partial charge >= 0.3 is 12.3 Å². The molecule has 0 aliphatic carbocycles. The van der Waals surface area contributed by atoms with E-state index in [9.17, 15) is 22.4 Å². The van der Waals surface area contributed by atoms with E-state index in [1.807, 2.05) is 0 Å². The predicted octanol–water partition coefficient (Wildman–Crippen LogP) is 3.17. The molecule has 1 aromatic carbocycles. The number of halogens is 4. The van der Waals surface area contributed by atoms with Crippen molar-refractivity contribution in [3.05, 3.63) is 29.8 Å². The van der Waals surface area contributed by atoms with E-state index < -0.39 is 23.7 Å². The van der Waals surface area contributed by atoms with Crippen molar-refractivity contribution >= 4 is 5.78 Å². The topological polar surface area (TPSA) is 26.3 Å². The lowest BCUT2D eigenvalue weighted by molar-refractivity contribution is -0.0959. The Kier molecular flexibility index (Phi) is 4.09. The van der Waals surface area contributed by atoms with Crippen molar-refractivity contribution in [2.45, 2.75) is 19.3 Å². The zero-order chi connectivity index (χ0) is 13.1. The summed E-state index contributed by atoms with van der Waals surface area (Å²) in [5.41, 5.74) is -0.542. The van der Waals surface area contributed by atoms with E-state index in [-0.39, 0.29) is 12.4 Å². The van der Waals surface area contributed by atoms with Gasteiger partial charge in [0.2, 0.25) is 5.78 Å². The molecular formula is C11H10F4O2. The van der Waals surface area contributed by atoms with E-state index >= 15 is 0 Å². The molecule has 0 saturated heterocycles. The standard InChI is InChI=1S/C11H10F4O2/c1-2-17-8-6-4-3-5-7(8)9(16)11(14,15)10(12)13/h3-6,10H,2H2,1H3. The van der Waals surface area contributed by atoms with Crippen LogP contribution in [0, 0.1) is 0 Å². The summed E-state index contributed by atoms with van der Waals surface area (Å²) >= 11 is 0. The van der Waals surface area contributed by atoms with Gasteiger partial charge in [-0.1, -0.05) is 12.1 Å². The maximum absolute atomic E-state index is 12.9. The van der Waals surface area contributed by atoms with Crippen LogP contribution in [0.25, 0.3) is 0 Å². The number of rotatable bonds is 5. The molecule has 0 atom stereocenters. The number of Topliss-reactive ketones (excluding diaryl/α,β-unsaturated/α-hetero) is 1. The fourth-order valence-corrected chi connectivity index (χ4v) is 1.21. The van der Waals surface area contributed by atoms with Gasteiger partial charge < -0.3 is 4.74 Å². The molecule has 0 aromatic heterocycles. The van der Waals surface area contributed by atoms with E-state index in [1.54, 1.807) is 6.92 Å². The molecule has 0 N–H and O–H groups in total. The molecule has 6 heteroatoms. The molecule has 0 bridgehead atoms. The first-order valence-electron chi connectivity index (χ1n) is 4.83. The monoisotopic (exact) mass is 250 g/mol. The molecule has 0 spiro atoms. The number of alkyl halides is 4. The average molecular weight is 250 g/mol. The minimum absolute atomic E-state index is 0.125. The second kappa shape index (κ2) is 5.16. The van der Waals surface area contributed by atoms with Crippen molar-refractivity contribution in [1.29, 1.82) is 0 Å². The number of ether oxygens (including phenoxy) is 1. The van der Waals surface area contributed by atoms with Crippen molar-refractivity contribution < 1.29 is 27.1 Å². The third kappa shape index (κ3) is 2.75. The van der Waals surface area contributed by atoms with Gasteiger partial charge in [0.25, 0.3) is 0 Å². The number of hydrogen-bond acceptors (Lipinski definition) is 2. The molecule has 0 aliphatic rings. The van der Waals surface area contributed by atoms with Crippen molar-refractivity contribution in [3.63, 3.8) is 0 Å². The molecule has 0 amide bonds. The Morgan fingerprint density at radius 2 is 1.94 bits per heavy atom. The highest BCUT2D eigenvalue weighted by atomic mass is 19.3. The summed E-state index contributed by atoms with van der Waals surface area (Å²) in [6, 6.07) is 5.07. The molecule has 94 valence electrons. The van der Waals surface area contributed by atoms with Crippen LogP contribution in [0.3, 0.4) is 0 Å². The first-order chi connectivity index (χ1) is 7.91. The number of carbonyl (C=O) groups is 1. The van der Waals surface area contributed by atoms with Gasteiger partial charge in [0.15, 0.2) is 0 Å². The number of ketones is 1. The molecule has 1 rings (SSSR count). The van der Waals surface area contributed by atoms with Gasteiger partial charge in [-0.15, -0.1) is 0 Å². The average Bonchev–Trinajstić information content (AvgIpc) is 2.29. The van der Waals surface area contributed by atoms with E-state index in [0.717, 1.165) is 6.07 Å². The van der Waals surface area contributed by atoms with Crippen LogP contribution in [0.2, 0.25) is 0 Å². The predicted molar refractivity (Wildman–Crippen MR) is 52.9 cm³/mol. The van der Waals surface area contributed by atoms with Crippen LogP contribution < -0.4 is 4.74 Å². The Hall–Kier alpha value is -1.59. The highest BCUT2D eigenvalue weighted by Gasteiger charge is 2.49. The van der Waals surface area contributed by atoms with Crippen LogP contribution >= 0.6 is 0 Å². The quantitative estimate of drug-likeness (QED) is 0.592. The zero-order valence-electron chi connectivity index (χ0n) is 8.92. The summed E-state index contributed by atoms with van der Waals surface area (Å²) in [4.78, 5) is 11.3. The first kappa shape index (κ1) is 13.5. The van der Waals surface area contributed by atoms with Crippen LogP contribution in [0.15, 0.2) is 24.3 Å². The highest BCUT2D eigenvalue weighted by Crippen LogP contribution is 2.31. The third-order valence-electron chi connectivity index (χ3n) is 2.01. The number of carbonyl (C=O) groups excluding carboxylic acids is 1. The van der Waals surface area contributed by atoms with Gasteiger partial charge in [-0.25, -0.2) is 8.78 Å². The summed E-state index contributed by atoms with van der Waals surface area (Å²) in [6.45, 7) is 1.73. The van der Waals surface area contributed by atoms with Crippen molar-refractivity contribution in [2.75, 3.05) is 6.61 Å². The molecular weight excluding hydrogens is 240 g/mol. The summed E-state index contributed by atoms with van der Waals surface area (Å²) in [5.74, 6) is -6.76. The third-order valence-corrected chi connectivity index (χ3v) is 2.01. The molecule has 0 heterocycles. The fourth-order valence-electron chi connectivity index (χ4n) is 1.21. The van der Waals surface area contributed by atoms with Crippen molar-refractivity contribution in [3.8, 4) is 5.75 Å². The van der Waals surface area contributed by atoms with Gasteiger partial charge in [-0.05, 0) is 19.1 Å². The van der Waals surface area contributed by atoms with Gasteiger partial charge in [0.05, 0.1) is 12.2 Å². The summed E-state index contributed by atoms with van der Waals surface area (Å²) in [6.07, 6.45) is -4.04. The van der Waals surface area contributed by atoms with E-state index in [4.69, 9.17) is 4.74 Å². The van der Waals surface area contributed by atoms with Gasteiger partial charge in [0, 0.05) is 0 Å². The highest BCUT2D eigenvalue weighted by molar-refractivity contribution is 6.03. The molecule has 0 fully saturated rings. The largest absolute Gasteiger partial charge is 0.493 e. The van der Waals surface area contributed by atoms with Crippen molar-refractivity contribution in [1.82, 2.24) is 0 Å². The molecule has 0 unspecified atom stereocenters. The lowest BCUT2D eigenvalue weighted by Gasteiger charge is -2.15. The molecule has 2 nitrogen and oxygen atoms in total.